The monoisotopic (exact) mass is 234 g/mol. The molecule has 1 aromatic carbocycles. The molecule has 0 heterocycles. The second kappa shape index (κ2) is 5.53. The molecule has 0 spiro atoms. The molecule has 0 bridgehead atoms. The van der Waals surface area contributed by atoms with E-state index in [0.29, 0.717) is 6.42 Å². The van der Waals surface area contributed by atoms with Crippen molar-refractivity contribution >= 4 is 5.97 Å². The fraction of sp³-hybridized carbons (Fsp3) is 0.357. The molecule has 17 heavy (non-hydrogen) atoms. The largest absolute Gasteiger partial charge is 0.507 e. The van der Waals surface area contributed by atoms with Gasteiger partial charge in [-0.2, -0.15) is 0 Å². The van der Waals surface area contributed by atoms with Gasteiger partial charge in [0, 0.05) is 6.42 Å². The van der Waals surface area contributed by atoms with Crippen LogP contribution in [0, 0.1) is 13.8 Å². The van der Waals surface area contributed by atoms with Crippen LogP contribution in [0.25, 0.3) is 0 Å². The quantitative estimate of drug-likeness (QED) is 0.643. The van der Waals surface area contributed by atoms with Crippen LogP contribution in [0.5, 0.6) is 5.75 Å². The molecule has 0 fully saturated rings. The third kappa shape index (κ3) is 3.34. The molecule has 0 aliphatic carbocycles. The molecular formula is C14H18O3. The minimum absolute atomic E-state index is 0.0293. The zero-order chi connectivity index (χ0) is 13.0. The molecule has 0 aliphatic heterocycles. The van der Waals surface area contributed by atoms with Crippen molar-refractivity contribution in [2.45, 2.75) is 33.3 Å². The first-order valence-corrected chi connectivity index (χ1v) is 5.57. The second-order valence-corrected chi connectivity index (χ2v) is 4.22. The van der Waals surface area contributed by atoms with Crippen molar-refractivity contribution in [1.29, 1.82) is 0 Å². The van der Waals surface area contributed by atoms with Crippen molar-refractivity contribution in [1.82, 2.24) is 0 Å². The van der Waals surface area contributed by atoms with E-state index in [1.54, 1.807) is 26.0 Å². The molecule has 3 nitrogen and oxygen atoms in total. The lowest BCUT2D eigenvalue weighted by molar-refractivity contribution is 0.0344. The van der Waals surface area contributed by atoms with E-state index in [4.69, 9.17) is 4.74 Å². The van der Waals surface area contributed by atoms with Crippen molar-refractivity contribution in [2.24, 2.45) is 0 Å². The topological polar surface area (TPSA) is 46.5 Å². The molecule has 3 heteroatoms. The number of aromatic hydroxyl groups is 1. The minimum atomic E-state index is -0.491. The molecule has 0 amide bonds. The number of phenols is 1. The number of aryl methyl sites for hydroxylation is 2. The summed E-state index contributed by atoms with van der Waals surface area (Å²) >= 11 is 0. The van der Waals surface area contributed by atoms with Crippen molar-refractivity contribution < 1.29 is 14.6 Å². The van der Waals surface area contributed by atoms with Gasteiger partial charge in [0.2, 0.25) is 0 Å². The minimum Gasteiger partial charge on any atom is -0.507 e. The maximum atomic E-state index is 11.9. The Labute approximate surface area is 102 Å². The Hall–Kier alpha value is -1.77. The Morgan fingerprint density at radius 3 is 2.71 bits per heavy atom. The summed E-state index contributed by atoms with van der Waals surface area (Å²) in [5, 5.41) is 9.76. The molecule has 1 rings (SSSR count). The van der Waals surface area contributed by atoms with Crippen LogP contribution in [-0.2, 0) is 4.74 Å². The Balaban J connectivity index is 2.93. The van der Waals surface area contributed by atoms with E-state index < -0.39 is 5.97 Å². The van der Waals surface area contributed by atoms with E-state index in [0.717, 1.165) is 11.1 Å². The van der Waals surface area contributed by atoms with E-state index in [1.165, 1.54) is 0 Å². The van der Waals surface area contributed by atoms with Crippen LogP contribution in [0.3, 0.4) is 0 Å². The first kappa shape index (κ1) is 13.3. The SMILES string of the molecule is C=CCC(C)OC(=O)c1c(C)cc(C)cc1O. The van der Waals surface area contributed by atoms with Crippen LogP contribution < -0.4 is 0 Å². The van der Waals surface area contributed by atoms with Crippen LogP contribution in [0.1, 0.15) is 34.8 Å². The van der Waals surface area contributed by atoms with Crippen LogP contribution in [0.4, 0.5) is 0 Å². The van der Waals surface area contributed by atoms with Gasteiger partial charge < -0.3 is 9.84 Å². The molecule has 0 radical (unpaired) electrons. The zero-order valence-corrected chi connectivity index (χ0v) is 10.5. The van der Waals surface area contributed by atoms with Gasteiger partial charge in [-0.15, -0.1) is 6.58 Å². The lowest BCUT2D eigenvalue weighted by Crippen LogP contribution is -2.15. The lowest BCUT2D eigenvalue weighted by Gasteiger charge is -2.13. The summed E-state index contributed by atoms with van der Waals surface area (Å²) in [5.74, 6) is -0.521. The van der Waals surface area contributed by atoms with E-state index >= 15 is 0 Å². The number of benzene rings is 1. The van der Waals surface area contributed by atoms with Crippen LogP contribution in [-0.4, -0.2) is 17.2 Å². The molecule has 92 valence electrons. The molecule has 1 atom stereocenters. The molecule has 0 saturated carbocycles. The van der Waals surface area contributed by atoms with Gasteiger partial charge >= 0.3 is 5.97 Å². The van der Waals surface area contributed by atoms with Gasteiger partial charge in [-0.05, 0) is 38.0 Å². The Morgan fingerprint density at radius 2 is 2.18 bits per heavy atom. The highest BCUT2D eigenvalue weighted by Gasteiger charge is 2.18. The molecule has 1 N–H and O–H groups in total. The predicted molar refractivity (Wildman–Crippen MR) is 67.3 cm³/mol. The van der Waals surface area contributed by atoms with Gasteiger partial charge in [-0.25, -0.2) is 4.79 Å². The fourth-order valence-corrected chi connectivity index (χ4v) is 1.74. The highest BCUT2D eigenvalue weighted by Crippen LogP contribution is 2.24. The van der Waals surface area contributed by atoms with Gasteiger partial charge in [-0.3, -0.25) is 0 Å². The third-order valence-corrected chi connectivity index (χ3v) is 2.47. The summed E-state index contributed by atoms with van der Waals surface area (Å²) < 4.78 is 5.21. The zero-order valence-electron chi connectivity index (χ0n) is 10.5. The standard InChI is InChI=1S/C14H18O3/c1-5-6-11(4)17-14(16)13-10(3)7-9(2)8-12(13)15/h5,7-8,11,15H,1,6H2,2-4H3. The normalized spacial score (nSPS) is 11.9. The molecule has 0 saturated heterocycles. The summed E-state index contributed by atoms with van der Waals surface area (Å²) in [4.78, 5) is 11.9. The van der Waals surface area contributed by atoms with E-state index in [-0.39, 0.29) is 17.4 Å². The number of esters is 1. The third-order valence-electron chi connectivity index (χ3n) is 2.47. The van der Waals surface area contributed by atoms with Crippen molar-refractivity contribution in [3.05, 3.63) is 41.5 Å². The maximum absolute atomic E-state index is 11.9. The first-order chi connectivity index (χ1) is 7.95. The van der Waals surface area contributed by atoms with Gasteiger partial charge in [-0.1, -0.05) is 12.1 Å². The average Bonchev–Trinajstić information content (AvgIpc) is 2.15. The fourth-order valence-electron chi connectivity index (χ4n) is 1.74. The molecule has 0 aliphatic rings. The summed E-state index contributed by atoms with van der Waals surface area (Å²) in [7, 11) is 0. The Kier molecular flexibility index (Phi) is 4.32. The van der Waals surface area contributed by atoms with Gasteiger partial charge in [0.05, 0.1) is 0 Å². The number of hydrogen-bond donors (Lipinski definition) is 1. The Morgan fingerprint density at radius 1 is 1.53 bits per heavy atom. The second-order valence-electron chi connectivity index (χ2n) is 4.22. The number of hydrogen-bond acceptors (Lipinski definition) is 3. The summed E-state index contributed by atoms with van der Waals surface area (Å²) in [6, 6.07) is 3.40. The Bertz CT molecular complexity index is 412. The van der Waals surface area contributed by atoms with Crippen LogP contribution in [0.2, 0.25) is 0 Å². The smallest absolute Gasteiger partial charge is 0.342 e. The van der Waals surface area contributed by atoms with E-state index in [9.17, 15) is 9.90 Å². The molecule has 1 aromatic rings. The molecule has 0 aromatic heterocycles. The number of carbonyl (C=O) groups excluding carboxylic acids is 1. The van der Waals surface area contributed by atoms with Gasteiger partial charge in [0.1, 0.15) is 17.4 Å². The molecule has 1 unspecified atom stereocenters. The van der Waals surface area contributed by atoms with E-state index in [2.05, 4.69) is 6.58 Å². The number of rotatable bonds is 4. The van der Waals surface area contributed by atoms with Crippen molar-refractivity contribution in [3.63, 3.8) is 0 Å². The summed E-state index contributed by atoms with van der Waals surface area (Å²) in [6.07, 6.45) is 2.05. The number of carbonyl (C=O) groups is 1. The predicted octanol–water partition coefficient (Wildman–Crippen LogP) is 3.13. The molecular weight excluding hydrogens is 216 g/mol. The van der Waals surface area contributed by atoms with Crippen molar-refractivity contribution in [2.75, 3.05) is 0 Å². The number of phenolic OH excluding ortho intramolecular Hbond substituents is 1. The lowest BCUT2D eigenvalue weighted by atomic mass is 10.0. The van der Waals surface area contributed by atoms with Gasteiger partial charge in [0.15, 0.2) is 0 Å². The van der Waals surface area contributed by atoms with Gasteiger partial charge in [0.25, 0.3) is 0 Å². The number of ether oxygens (including phenoxy) is 1. The van der Waals surface area contributed by atoms with Crippen LogP contribution in [0.15, 0.2) is 24.8 Å². The van der Waals surface area contributed by atoms with E-state index in [1.807, 2.05) is 13.0 Å². The summed E-state index contributed by atoms with van der Waals surface area (Å²) in [5.41, 5.74) is 1.88. The summed E-state index contributed by atoms with van der Waals surface area (Å²) in [6.45, 7) is 9.02. The highest BCUT2D eigenvalue weighted by molar-refractivity contribution is 5.94. The average molecular weight is 234 g/mol. The first-order valence-electron chi connectivity index (χ1n) is 5.57. The highest BCUT2D eigenvalue weighted by atomic mass is 16.5. The maximum Gasteiger partial charge on any atom is 0.342 e. The van der Waals surface area contributed by atoms with Crippen molar-refractivity contribution in [3.8, 4) is 5.75 Å². The van der Waals surface area contributed by atoms with Crippen LogP contribution >= 0.6 is 0 Å².